The highest BCUT2D eigenvalue weighted by atomic mass is 16.5. The maximum atomic E-state index is 10.8. The molecule has 0 unspecified atom stereocenters. The first-order chi connectivity index (χ1) is 7.75. The Bertz CT molecular complexity index is 333. The second-order valence-electron chi connectivity index (χ2n) is 4.08. The molecule has 0 saturated heterocycles. The van der Waals surface area contributed by atoms with Gasteiger partial charge in [-0.25, -0.2) is 0 Å². The van der Waals surface area contributed by atoms with E-state index in [4.69, 9.17) is 5.11 Å². The van der Waals surface area contributed by atoms with Crippen molar-refractivity contribution < 1.29 is 14.4 Å². The Morgan fingerprint density at radius 2 is 2.31 bits per heavy atom. The first-order valence-electron chi connectivity index (χ1n) is 5.47. The van der Waals surface area contributed by atoms with Crippen molar-refractivity contribution >= 4 is 5.97 Å². The van der Waals surface area contributed by atoms with E-state index in [2.05, 4.69) is 14.7 Å². The van der Waals surface area contributed by atoms with Crippen LogP contribution in [0.25, 0.3) is 0 Å². The van der Waals surface area contributed by atoms with Crippen LogP contribution in [-0.4, -0.2) is 38.7 Å². The molecule has 0 aromatic carbocycles. The third kappa shape index (κ3) is 2.79. The van der Waals surface area contributed by atoms with Crippen LogP contribution in [0, 0.1) is 0 Å². The number of nitrogens with zero attached hydrogens (tertiary/aromatic N) is 3. The van der Waals surface area contributed by atoms with Crippen molar-refractivity contribution in [3.63, 3.8) is 0 Å². The molecule has 1 aromatic rings. The van der Waals surface area contributed by atoms with E-state index in [1.54, 1.807) is 0 Å². The minimum atomic E-state index is -0.810. The Hall–Kier alpha value is -1.43. The van der Waals surface area contributed by atoms with E-state index in [0.717, 1.165) is 12.8 Å². The zero-order chi connectivity index (χ0) is 11.4. The number of hydrogen-bond donors (Lipinski definition) is 1. The monoisotopic (exact) mass is 225 g/mol. The van der Waals surface area contributed by atoms with Crippen LogP contribution < -0.4 is 0 Å². The van der Waals surface area contributed by atoms with Gasteiger partial charge in [0.2, 0.25) is 6.39 Å². The number of aliphatic carboxylic acids is 1. The van der Waals surface area contributed by atoms with Gasteiger partial charge in [-0.3, -0.25) is 9.69 Å². The fraction of sp³-hybridized carbons (Fsp3) is 0.700. The van der Waals surface area contributed by atoms with Crippen LogP contribution in [0.2, 0.25) is 0 Å². The van der Waals surface area contributed by atoms with E-state index in [0.29, 0.717) is 18.4 Å². The molecule has 0 bridgehead atoms. The van der Waals surface area contributed by atoms with Gasteiger partial charge in [0.25, 0.3) is 0 Å². The second kappa shape index (κ2) is 5.07. The Balaban J connectivity index is 1.98. The van der Waals surface area contributed by atoms with E-state index in [9.17, 15) is 4.79 Å². The standard InChI is InChI=1S/C10H15N3O3/c14-10(15)6-13(8-3-1-2-4-8)5-9-11-7-16-12-9/h7-8H,1-6H2,(H,14,15). The van der Waals surface area contributed by atoms with Gasteiger partial charge in [0.05, 0.1) is 13.1 Å². The number of rotatable bonds is 5. The summed E-state index contributed by atoms with van der Waals surface area (Å²) in [4.78, 5) is 16.6. The molecule has 0 radical (unpaired) electrons. The Kier molecular flexibility index (Phi) is 3.51. The molecule has 6 nitrogen and oxygen atoms in total. The van der Waals surface area contributed by atoms with Gasteiger partial charge in [-0.15, -0.1) is 0 Å². The summed E-state index contributed by atoms with van der Waals surface area (Å²) in [5, 5.41) is 12.6. The minimum absolute atomic E-state index is 0.0409. The largest absolute Gasteiger partial charge is 0.480 e. The minimum Gasteiger partial charge on any atom is -0.480 e. The zero-order valence-corrected chi connectivity index (χ0v) is 9.00. The van der Waals surface area contributed by atoms with Gasteiger partial charge < -0.3 is 9.63 Å². The van der Waals surface area contributed by atoms with E-state index in [1.807, 2.05) is 4.90 Å². The number of carboxylic acids is 1. The number of aromatic nitrogens is 2. The molecular weight excluding hydrogens is 210 g/mol. The Morgan fingerprint density at radius 3 is 2.88 bits per heavy atom. The fourth-order valence-electron chi connectivity index (χ4n) is 2.20. The SMILES string of the molecule is O=C(O)CN(Cc1ncon1)C1CCCC1. The van der Waals surface area contributed by atoms with Gasteiger partial charge in [-0.2, -0.15) is 4.98 Å². The van der Waals surface area contributed by atoms with Crippen LogP contribution in [0.3, 0.4) is 0 Å². The van der Waals surface area contributed by atoms with Crippen LogP contribution in [0.5, 0.6) is 0 Å². The molecule has 1 aromatic heterocycles. The molecule has 6 heteroatoms. The first-order valence-corrected chi connectivity index (χ1v) is 5.47. The summed E-state index contributed by atoms with van der Waals surface area (Å²) in [6.07, 6.45) is 5.74. The van der Waals surface area contributed by atoms with Crippen molar-refractivity contribution in [1.29, 1.82) is 0 Å². The first kappa shape index (κ1) is 11.1. The zero-order valence-electron chi connectivity index (χ0n) is 9.00. The molecule has 2 rings (SSSR count). The van der Waals surface area contributed by atoms with Crippen molar-refractivity contribution in [2.24, 2.45) is 0 Å². The predicted molar refractivity (Wildman–Crippen MR) is 54.6 cm³/mol. The molecule has 1 saturated carbocycles. The summed E-state index contributed by atoms with van der Waals surface area (Å²) in [7, 11) is 0. The lowest BCUT2D eigenvalue weighted by Crippen LogP contribution is -2.37. The van der Waals surface area contributed by atoms with Gasteiger partial charge in [0.1, 0.15) is 0 Å². The molecule has 1 fully saturated rings. The van der Waals surface area contributed by atoms with E-state index in [1.165, 1.54) is 19.2 Å². The molecular formula is C10H15N3O3. The summed E-state index contributed by atoms with van der Waals surface area (Å²) in [6, 6.07) is 0.342. The van der Waals surface area contributed by atoms with Gasteiger partial charge >= 0.3 is 5.97 Å². The van der Waals surface area contributed by atoms with Crippen LogP contribution >= 0.6 is 0 Å². The molecule has 1 heterocycles. The van der Waals surface area contributed by atoms with Gasteiger partial charge in [-0.05, 0) is 12.8 Å². The maximum Gasteiger partial charge on any atom is 0.317 e. The summed E-state index contributed by atoms with van der Waals surface area (Å²) >= 11 is 0. The lowest BCUT2D eigenvalue weighted by atomic mass is 10.2. The summed E-state index contributed by atoms with van der Waals surface area (Å²) in [5.41, 5.74) is 0. The number of hydrogen-bond acceptors (Lipinski definition) is 5. The van der Waals surface area contributed by atoms with Crippen molar-refractivity contribution in [2.45, 2.75) is 38.3 Å². The average molecular weight is 225 g/mol. The Labute approximate surface area is 93.2 Å². The molecule has 1 aliphatic rings. The number of carbonyl (C=O) groups is 1. The molecule has 0 spiro atoms. The molecule has 0 amide bonds. The topological polar surface area (TPSA) is 79.5 Å². The molecule has 1 aliphatic carbocycles. The highest BCUT2D eigenvalue weighted by molar-refractivity contribution is 5.69. The molecule has 0 aliphatic heterocycles. The average Bonchev–Trinajstić information content (AvgIpc) is 2.88. The molecule has 1 N–H and O–H groups in total. The number of carboxylic acid groups (broad SMARTS) is 1. The molecule has 0 atom stereocenters. The van der Waals surface area contributed by atoms with E-state index in [-0.39, 0.29) is 6.54 Å². The van der Waals surface area contributed by atoms with Crippen LogP contribution in [0.1, 0.15) is 31.5 Å². The van der Waals surface area contributed by atoms with E-state index >= 15 is 0 Å². The van der Waals surface area contributed by atoms with Gasteiger partial charge in [-0.1, -0.05) is 18.0 Å². The summed E-state index contributed by atoms with van der Waals surface area (Å²) < 4.78 is 4.65. The highest BCUT2D eigenvalue weighted by Crippen LogP contribution is 2.24. The molecule has 88 valence electrons. The van der Waals surface area contributed by atoms with Crippen molar-refractivity contribution in [2.75, 3.05) is 6.54 Å². The lowest BCUT2D eigenvalue weighted by Gasteiger charge is -2.25. The van der Waals surface area contributed by atoms with E-state index < -0.39 is 5.97 Å². The third-order valence-electron chi connectivity index (χ3n) is 2.93. The Morgan fingerprint density at radius 1 is 1.56 bits per heavy atom. The summed E-state index contributed by atoms with van der Waals surface area (Å²) in [6.45, 7) is 0.493. The van der Waals surface area contributed by atoms with Gasteiger partial charge in [0, 0.05) is 6.04 Å². The second-order valence-corrected chi connectivity index (χ2v) is 4.08. The van der Waals surface area contributed by atoms with Crippen LogP contribution in [0.4, 0.5) is 0 Å². The normalized spacial score (nSPS) is 17.1. The smallest absolute Gasteiger partial charge is 0.317 e. The predicted octanol–water partition coefficient (Wildman–Crippen LogP) is 0.899. The summed E-state index contributed by atoms with van der Waals surface area (Å²) in [5.74, 6) is -0.261. The quantitative estimate of drug-likeness (QED) is 0.802. The molecule has 16 heavy (non-hydrogen) atoms. The van der Waals surface area contributed by atoms with Gasteiger partial charge in [0.15, 0.2) is 5.82 Å². The maximum absolute atomic E-state index is 10.8. The van der Waals surface area contributed by atoms with Crippen molar-refractivity contribution in [1.82, 2.24) is 15.0 Å². The lowest BCUT2D eigenvalue weighted by molar-refractivity contribution is -0.139. The fourth-order valence-corrected chi connectivity index (χ4v) is 2.20. The van der Waals surface area contributed by atoms with Crippen molar-refractivity contribution in [3.05, 3.63) is 12.2 Å². The van der Waals surface area contributed by atoms with Crippen LogP contribution in [0.15, 0.2) is 10.9 Å². The van der Waals surface area contributed by atoms with Crippen LogP contribution in [-0.2, 0) is 11.3 Å². The van der Waals surface area contributed by atoms with Crippen molar-refractivity contribution in [3.8, 4) is 0 Å². The highest BCUT2D eigenvalue weighted by Gasteiger charge is 2.25. The third-order valence-corrected chi connectivity index (χ3v) is 2.93.